The van der Waals surface area contributed by atoms with Crippen molar-refractivity contribution in [3.63, 3.8) is 0 Å². The molecule has 0 aliphatic rings. The van der Waals surface area contributed by atoms with Gasteiger partial charge in [0.25, 0.3) is 0 Å². The van der Waals surface area contributed by atoms with Gasteiger partial charge in [0, 0.05) is 20.2 Å². The molecule has 0 aliphatic heterocycles. The minimum atomic E-state index is 1.26. The summed E-state index contributed by atoms with van der Waals surface area (Å²) >= 11 is 1.87. The van der Waals surface area contributed by atoms with Crippen LogP contribution in [0.1, 0.15) is 0 Å². The van der Waals surface area contributed by atoms with Crippen molar-refractivity contribution in [2.75, 3.05) is 0 Å². The molecule has 0 saturated heterocycles. The molecule has 0 saturated carbocycles. The molecule has 0 nitrogen and oxygen atoms in total. The number of hydrogen-bond donors (Lipinski definition) is 0. The second-order valence-electron chi connectivity index (χ2n) is 6.25. The van der Waals surface area contributed by atoms with Crippen LogP contribution in [-0.4, -0.2) is 0 Å². The van der Waals surface area contributed by atoms with Crippen molar-refractivity contribution >= 4 is 31.5 Å². The minimum absolute atomic E-state index is 1.26. The Bertz CT molecular complexity index is 1170. The van der Waals surface area contributed by atoms with Gasteiger partial charge in [-0.1, -0.05) is 78.9 Å². The van der Waals surface area contributed by atoms with E-state index < -0.39 is 0 Å². The molecular weight excluding hydrogens is 320 g/mol. The van der Waals surface area contributed by atoms with Crippen molar-refractivity contribution in [3.8, 4) is 22.3 Å². The SMILES string of the molecule is c1ccc(-c2ccc(-c3ccc4sc5ccccc5c4c3)cc2)cc1. The molecule has 118 valence electrons. The maximum Gasteiger partial charge on any atom is 0.0355 e. The van der Waals surface area contributed by atoms with Crippen LogP contribution in [0.3, 0.4) is 0 Å². The molecule has 1 heteroatoms. The second kappa shape index (κ2) is 5.87. The molecule has 0 atom stereocenters. The Morgan fingerprint density at radius 1 is 0.400 bits per heavy atom. The zero-order valence-electron chi connectivity index (χ0n) is 13.6. The van der Waals surface area contributed by atoms with Gasteiger partial charge in [0.05, 0.1) is 0 Å². The van der Waals surface area contributed by atoms with Gasteiger partial charge >= 0.3 is 0 Å². The van der Waals surface area contributed by atoms with Gasteiger partial charge in [0.2, 0.25) is 0 Å². The van der Waals surface area contributed by atoms with Gasteiger partial charge in [-0.25, -0.2) is 0 Å². The van der Waals surface area contributed by atoms with E-state index in [1.54, 1.807) is 0 Å². The topological polar surface area (TPSA) is 0 Å². The van der Waals surface area contributed by atoms with Gasteiger partial charge in [0.1, 0.15) is 0 Å². The summed E-state index contributed by atoms with van der Waals surface area (Å²) in [4.78, 5) is 0. The third-order valence-electron chi connectivity index (χ3n) is 4.70. The Morgan fingerprint density at radius 2 is 0.960 bits per heavy atom. The second-order valence-corrected chi connectivity index (χ2v) is 7.34. The summed E-state index contributed by atoms with van der Waals surface area (Å²) in [6.45, 7) is 0. The lowest BCUT2D eigenvalue weighted by atomic mass is 9.99. The van der Waals surface area contributed by atoms with Gasteiger partial charge in [-0.3, -0.25) is 0 Å². The zero-order valence-corrected chi connectivity index (χ0v) is 14.5. The first kappa shape index (κ1) is 14.4. The average Bonchev–Trinajstić information content (AvgIpc) is 3.07. The molecule has 0 fully saturated rings. The van der Waals surface area contributed by atoms with Crippen LogP contribution in [0.25, 0.3) is 42.4 Å². The van der Waals surface area contributed by atoms with Crippen LogP contribution in [0.2, 0.25) is 0 Å². The fraction of sp³-hybridized carbons (Fsp3) is 0. The van der Waals surface area contributed by atoms with Gasteiger partial charge in [-0.15, -0.1) is 11.3 Å². The van der Waals surface area contributed by atoms with Gasteiger partial charge in [-0.05, 0) is 40.5 Å². The Balaban J connectivity index is 1.59. The van der Waals surface area contributed by atoms with Crippen LogP contribution in [0.5, 0.6) is 0 Å². The molecule has 5 aromatic rings. The Hall–Kier alpha value is -2.90. The highest BCUT2D eigenvalue weighted by molar-refractivity contribution is 7.25. The summed E-state index contributed by atoms with van der Waals surface area (Å²) in [6.07, 6.45) is 0. The Morgan fingerprint density at radius 3 is 1.76 bits per heavy atom. The first-order valence-corrected chi connectivity index (χ1v) is 9.27. The number of hydrogen-bond acceptors (Lipinski definition) is 1. The average molecular weight is 336 g/mol. The largest absolute Gasteiger partial charge is 0.135 e. The third kappa shape index (κ3) is 2.54. The minimum Gasteiger partial charge on any atom is -0.135 e. The Labute approximate surface area is 151 Å². The van der Waals surface area contributed by atoms with Gasteiger partial charge in [-0.2, -0.15) is 0 Å². The molecule has 0 bridgehead atoms. The molecular formula is C24H16S. The normalized spacial score (nSPS) is 11.2. The molecule has 1 heterocycles. The molecule has 0 amide bonds. The molecule has 0 unspecified atom stereocenters. The zero-order chi connectivity index (χ0) is 16.6. The smallest absolute Gasteiger partial charge is 0.0355 e. The maximum absolute atomic E-state index is 2.33. The summed E-state index contributed by atoms with van der Waals surface area (Å²) in [6, 6.07) is 34.8. The van der Waals surface area contributed by atoms with Crippen LogP contribution >= 0.6 is 11.3 Å². The summed E-state index contributed by atoms with van der Waals surface area (Å²) < 4.78 is 2.71. The van der Waals surface area contributed by atoms with E-state index in [0.717, 1.165) is 0 Å². The fourth-order valence-electron chi connectivity index (χ4n) is 3.39. The van der Waals surface area contributed by atoms with E-state index in [1.807, 2.05) is 11.3 Å². The quantitative estimate of drug-likeness (QED) is 0.315. The van der Waals surface area contributed by atoms with Crippen LogP contribution in [0, 0.1) is 0 Å². The molecule has 1 aromatic heterocycles. The third-order valence-corrected chi connectivity index (χ3v) is 5.85. The summed E-state index contributed by atoms with van der Waals surface area (Å²) in [5.74, 6) is 0. The van der Waals surface area contributed by atoms with E-state index >= 15 is 0 Å². The van der Waals surface area contributed by atoms with Crippen LogP contribution in [0.15, 0.2) is 97.1 Å². The standard InChI is InChI=1S/C24H16S/c1-2-6-17(7-3-1)18-10-12-19(13-11-18)20-14-15-24-22(16-20)21-8-4-5-9-23(21)25-24/h1-16H. The van der Waals surface area contributed by atoms with Crippen molar-refractivity contribution in [2.45, 2.75) is 0 Å². The van der Waals surface area contributed by atoms with E-state index in [2.05, 4.69) is 97.1 Å². The van der Waals surface area contributed by atoms with Crippen molar-refractivity contribution in [3.05, 3.63) is 97.1 Å². The number of fused-ring (bicyclic) bond motifs is 3. The predicted octanol–water partition coefficient (Wildman–Crippen LogP) is 7.39. The first-order valence-electron chi connectivity index (χ1n) is 8.46. The van der Waals surface area contributed by atoms with Crippen molar-refractivity contribution in [1.29, 1.82) is 0 Å². The van der Waals surface area contributed by atoms with Crippen LogP contribution in [-0.2, 0) is 0 Å². The molecule has 0 N–H and O–H groups in total. The van der Waals surface area contributed by atoms with Crippen molar-refractivity contribution in [1.82, 2.24) is 0 Å². The maximum atomic E-state index is 2.33. The Kier molecular flexibility index (Phi) is 3.39. The van der Waals surface area contributed by atoms with Crippen molar-refractivity contribution < 1.29 is 0 Å². The van der Waals surface area contributed by atoms with Crippen molar-refractivity contribution in [2.24, 2.45) is 0 Å². The highest BCUT2D eigenvalue weighted by atomic mass is 32.1. The number of rotatable bonds is 2. The lowest BCUT2D eigenvalue weighted by Crippen LogP contribution is -1.80. The van der Waals surface area contributed by atoms with E-state index in [-0.39, 0.29) is 0 Å². The van der Waals surface area contributed by atoms with Gasteiger partial charge in [0.15, 0.2) is 0 Å². The highest BCUT2D eigenvalue weighted by Crippen LogP contribution is 2.36. The monoisotopic (exact) mass is 336 g/mol. The lowest BCUT2D eigenvalue weighted by molar-refractivity contribution is 1.60. The lowest BCUT2D eigenvalue weighted by Gasteiger charge is -2.05. The number of benzene rings is 4. The summed E-state index contributed by atoms with van der Waals surface area (Å²) in [7, 11) is 0. The molecule has 0 aliphatic carbocycles. The number of thiophene rings is 1. The molecule has 5 rings (SSSR count). The molecule has 0 radical (unpaired) electrons. The van der Waals surface area contributed by atoms with Crippen LogP contribution in [0.4, 0.5) is 0 Å². The fourth-order valence-corrected chi connectivity index (χ4v) is 4.48. The summed E-state index contributed by atoms with van der Waals surface area (Å²) in [5.41, 5.74) is 5.05. The highest BCUT2D eigenvalue weighted by Gasteiger charge is 2.06. The van der Waals surface area contributed by atoms with E-state index in [1.165, 1.54) is 42.4 Å². The van der Waals surface area contributed by atoms with Crippen LogP contribution < -0.4 is 0 Å². The first-order chi connectivity index (χ1) is 12.4. The predicted molar refractivity (Wildman–Crippen MR) is 110 cm³/mol. The van der Waals surface area contributed by atoms with E-state index in [9.17, 15) is 0 Å². The van der Waals surface area contributed by atoms with E-state index in [4.69, 9.17) is 0 Å². The summed E-state index contributed by atoms with van der Waals surface area (Å²) in [5, 5.41) is 2.70. The van der Waals surface area contributed by atoms with E-state index in [0.29, 0.717) is 0 Å². The molecule has 0 spiro atoms. The molecule has 25 heavy (non-hydrogen) atoms. The van der Waals surface area contributed by atoms with Gasteiger partial charge < -0.3 is 0 Å². The molecule has 4 aromatic carbocycles.